The van der Waals surface area contributed by atoms with Crippen LogP contribution in [0.5, 0.6) is 0 Å². The van der Waals surface area contributed by atoms with Gasteiger partial charge < -0.3 is 0 Å². The fraction of sp³-hybridized carbons (Fsp3) is 0.267. The first-order valence-electron chi connectivity index (χ1n) is 11.5. The molecule has 0 saturated heterocycles. The second kappa shape index (κ2) is 9.08. The van der Waals surface area contributed by atoms with E-state index in [2.05, 4.69) is 90.1 Å². The van der Waals surface area contributed by atoms with Crippen LogP contribution >= 0.6 is 0 Å². The van der Waals surface area contributed by atoms with Crippen molar-refractivity contribution in [2.75, 3.05) is 0 Å². The van der Waals surface area contributed by atoms with Crippen molar-refractivity contribution >= 4 is 0 Å². The summed E-state index contributed by atoms with van der Waals surface area (Å²) in [6.45, 7) is 13.2. The third-order valence-corrected chi connectivity index (χ3v) is 6.24. The van der Waals surface area contributed by atoms with Gasteiger partial charge in [0, 0.05) is 23.5 Å². The Labute approximate surface area is 192 Å². The molecule has 4 rings (SSSR count). The first kappa shape index (κ1) is 22.0. The summed E-state index contributed by atoms with van der Waals surface area (Å²) in [5, 5.41) is 0. The predicted molar refractivity (Wildman–Crippen MR) is 136 cm³/mol. The molecule has 0 aliphatic carbocycles. The minimum absolute atomic E-state index is 0.452. The van der Waals surface area contributed by atoms with Crippen molar-refractivity contribution in [3.63, 3.8) is 0 Å². The van der Waals surface area contributed by atoms with E-state index in [1.54, 1.807) is 0 Å². The minimum atomic E-state index is 0.452. The van der Waals surface area contributed by atoms with Crippen molar-refractivity contribution in [1.82, 2.24) is 9.97 Å². The van der Waals surface area contributed by atoms with Crippen LogP contribution < -0.4 is 0 Å². The molecule has 0 bridgehead atoms. The predicted octanol–water partition coefficient (Wildman–Crippen LogP) is 8.34. The summed E-state index contributed by atoms with van der Waals surface area (Å²) in [6.07, 6.45) is 3.78. The maximum atomic E-state index is 4.79. The summed E-state index contributed by atoms with van der Waals surface area (Å²) in [6, 6.07) is 22.0. The molecule has 32 heavy (non-hydrogen) atoms. The van der Waals surface area contributed by atoms with Crippen LogP contribution in [0.2, 0.25) is 0 Å². The smallest absolute Gasteiger partial charge is 0.0737 e. The topological polar surface area (TPSA) is 25.8 Å². The minimum Gasteiger partial charge on any atom is -0.256 e. The van der Waals surface area contributed by atoms with Gasteiger partial charge in [-0.05, 0) is 83.3 Å². The van der Waals surface area contributed by atoms with E-state index >= 15 is 0 Å². The fourth-order valence-corrected chi connectivity index (χ4v) is 4.24. The first-order valence-corrected chi connectivity index (χ1v) is 11.5. The van der Waals surface area contributed by atoms with Crippen molar-refractivity contribution in [2.45, 2.75) is 53.4 Å². The molecule has 2 aromatic heterocycles. The van der Waals surface area contributed by atoms with Crippen molar-refractivity contribution < 1.29 is 0 Å². The monoisotopic (exact) mass is 420 g/mol. The van der Waals surface area contributed by atoms with Crippen LogP contribution in [0.1, 0.15) is 61.8 Å². The molecule has 0 radical (unpaired) electrons. The van der Waals surface area contributed by atoms with Crippen LogP contribution in [-0.2, 0) is 0 Å². The highest BCUT2D eigenvalue weighted by atomic mass is 14.7. The SMILES string of the molecule is Cc1cccnc1-c1cc(C(C)C)ccc1-c1ccc(C(C)C)cc1-c1ncccc1C. The molecule has 2 aromatic carbocycles. The van der Waals surface area contributed by atoms with Gasteiger partial charge in [-0.25, -0.2) is 0 Å². The Morgan fingerprint density at radius 2 is 0.938 bits per heavy atom. The van der Waals surface area contributed by atoms with Gasteiger partial charge in [0.15, 0.2) is 0 Å². The lowest BCUT2D eigenvalue weighted by Crippen LogP contribution is -1.98. The van der Waals surface area contributed by atoms with Crippen LogP contribution in [0.3, 0.4) is 0 Å². The maximum Gasteiger partial charge on any atom is 0.0737 e. The lowest BCUT2D eigenvalue weighted by molar-refractivity contribution is 0.866. The Morgan fingerprint density at radius 3 is 1.28 bits per heavy atom. The first-order chi connectivity index (χ1) is 15.4. The molecule has 0 fully saturated rings. The summed E-state index contributed by atoms with van der Waals surface area (Å²) in [4.78, 5) is 9.57. The number of pyridine rings is 2. The van der Waals surface area contributed by atoms with Crippen LogP contribution in [0.15, 0.2) is 73.1 Å². The summed E-state index contributed by atoms with van der Waals surface area (Å²) in [5.74, 6) is 0.903. The number of nitrogens with zero attached hydrogens (tertiary/aromatic N) is 2. The molecule has 0 N–H and O–H groups in total. The summed E-state index contributed by atoms with van der Waals surface area (Å²) in [7, 11) is 0. The van der Waals surface area contributed by atoms with Crippen LogP contribution in [0.4, 0.5) is 0 Å². The number of hydrogen-bond donors (Lipinski definition) is 0. The fourth-order valence-electron chi connectivity index (χ4n) is 4.24. The molecule has 2 heteroatoms. The zero-order chi connectivity index (χ0) is 22.8. The summed E-state index contributed by atoms with van der Waals surface area (Å²) < 4.78 is 0. The van der Waals surface area contributed by atoms with Gasteiger partial charge in [-0.3, -0.25) is 9.97 Å². The summed E-state index contributed by atoms with van der Waals surface area (Å²) in [5.41, 5.74) is 11.9. The van der Waals surface area contributed by atoms with Crippen molar-refractivity contribution in [3.8, 4) is 33.6 Å². The third-order valence-electron chi connectivity index (χ3n) is 6.24. The molecule has 162 valence electrons. The lowest BCUT2D eigenvalue weighted by atomic mass is 9.86. The quantitative estimate of drug-likeness (QED) is 0.324. The average molecular weight is 421 g/mol. The molecular formula is C30H32N2. The number of rotatable bonds is 5. The number of benzene rings is 2. The van der Waals surface area contributed by atoms with E-state index in [0.29, 0.717) is 11.8 Å². The van der Waals surface area contributed by atoms with E-state index in [1.165, 1.54) is 44.5 Å². The molecule has 0 amide bonds. The third kappa shape index (κ3) is 4.23. The summed E-state index contributed by atoms with van der Waals surface area (Å²) >= 11 is 0. The Bertz CT molecular complexity index is 1150. The zero-order valence-corrected chi connectivity index (χ0v) is 20.0. The van der Waals surface area contributed by atoms with E-state index < -0.39 is 0 Å². The standard InChI is InChI=1S/C30H32N2/c1-19(2)23-11-13-25(27(17-23)29-21(5)9-7-15-31-29)26-14-12-24(20(3)4)18-28(26)30-22(6)10-8-16-32-30/h7-20H,1-6H3. The highest BCUT2D eigenvalue weighted by Crippen LogP contribution is 2.41. The normalized spacial score (nSPS) is 11.4. The second-order valence-corrected chi connectivity index (χ2v) is 9.26. The van der Waals surface area contributed by atoms with Crippen LogP contribution in [0, 0.1) is 13.8 Å². The van der Waals surface area contributed by atoms with Gasteiger partial charge in [-0.15, -0.1) is 0 Å². The molecule has 0 aliphatic heterocycles. The van der Waals surface area contributed by atoms with Gasteiger partial charge in [-0.1, -0.05) is 64.1 Å². The maximum absolute atomic E-state index is 4.79. The average Bonchev–Trinajstić information content (AvgIpc) is 2.79. The van der Waals surface area contributed by atoms with Gasteiger partial charge in [0.25, 0.3) is 0 Å². The van der Waals surface area contributed by atoms with Crippen LogP contribution in [-0.4, -0.2) is 9.97 Å². The van der Waals surface area contributed by atoms with Gasteiger partial charge in [-0.2, -0.15) is 0 Å². The number of aryl methyl sites for hydroxylation is 2. The van der Waals surface area contributed by atoms with E-state index in [4.69, 9.17) is 9.97 Å². The Morgan fingerprint density at radius 1 is 0.531 bits per heavy atom. The lowest BCUT2D eigenvalue weighted by Gasteiger charge is -2.19. The Kier molecular flexibility index (Phi) is 6.23. The highest BCUT2D eigenvalue weighted by molar-refractivity contribution is 5.91. The number of aromatic nitrogens is 2. The molecule has 0 spiro atoms. The van der Waals surface area contributed by atoms with Gasteiger partial charge in [0.05, 0.1) is 11.4 Å². The molecule has 0 aliphatic rings. The Balaban J connectivity index is 2.04. The highest BCUT2D eigenvalue weighted by Gasteiger charge is 2.18. The molecular weight excluding hydrogens is 388 g/mol. The van der Waals surface area contributed by atoms with Crippen molar-refractivity contribution in [2.24, 2.45) is 0 Å². The molecule has 0 atom stereocenters. The van der Waals surface area contributed by atoms with E-state index in [9.17, 15) is 0 Å². The largest absolute Gasteiger partial charge is 0.256 e. The van der Waals surface area contributed by atoms with Gasteiger partial charge in [0.2, 0.25) is 0 Å². The van der Waals surface area contributed by atoms with E-state index in [0.717, 1.165) is 11.4 Å². The Hall–Kier alpha value is -3.26. The van der Waals surface area contributed by atoms with Crippen molar-refractivity contribution in [1.29, 1.82) is 0 Å². The van der Waals surface area contributed by atoms with Crippen LogP contribution in [0.25, 0.3) is 33.6 Å². The van der Waals surface area contributed by atoms with E-state index in [1.807, 2.05) is 24.5 Å². The second-order valence-electron chi connectivity index (χ2n) is 9.26. The van der Waals surface area contributed by atoms with E-state index in [-0.39, 0.29) is 0 Å². The van der Waals surface area contributed by atoms with Crippen molar-refractivity contribution in [3.05, 3.63) is 95.3 Å². The zero-order valence-electron chi connectivity index (χ0n) is 20.0. The number of hydrogen-bond acceptors (Lipinski definition) is 2. The molecule has 2 nitrogen and oxygen atoms in total. The molecule has 4 aromatic rings. The molecule has 0 saturated carbocycles. The van der Waals surface area contributed by atoms with Gasteiger partial charge in [0.1, 0.15) is 0 Å². The molecule has 0 unspecified atom stereocenters. The van der Waals surface area contributed by atoms with Gasteiger partial charge >= 0.3 is 0 Å². The molecule has 2 heterocycles.